The molecule has 1 aromatic heterocycles. The van der Waals surface area contributed by atoms with Gasteiger partial charge in [-0.05, 0) is 97.2 Å². The van der Waals surface area contributed by atoms with Gasteiger partial charge in [0.2, 0.25) is 5.91 Å². The van der Waals surface area contributed by atoms with Crippen molar-refractivity contribution in [3.05, 3.63) is 96.1 Å². The van der Waals surface area contributed by atoms with E-state index in [4.69, 9.17) is 4.74 Å². The summed E-state index contributed by atoms with van der Waals surface area (Å²) < 4.78 is 51.3. The number of nitrogens with zero attached hydrogens (tertiary/aromatic N) is 2. The first-order chi connectivity index (χ1) is 20.3. The number of amides is 1. The molecule has 4 aromatic rings. The average Bonchev–Trinajstić information content (AvgIpc) is 3.34. The Morgan fingerprint density at radius 2 is 1.79 bits per heavy atom. The van der Waals surface area contributed by atoms with Gasteiger partial charge in [0, 0.05) is 23.9 Å². The van der Waals surface area contributed by atoms with Crippen LogP contribution >= 0.6 is 0 Å². The van der Waals surface area contributed by atoms with E-state index >= 15 is 0 Å². The van der Waals surface area contributed by atoms with Gasteiger partial charge >= 0.3 is 6.61 Å². The number of halogens is 2. The Kier molecular flexibility index (Phi) is 10.7. The van der Waals surface area contributed by atoms with Crippen LogP contribution in [-0.2, 0) is 28.3 Å². The Morgan fingerprint density at radius 1 is 1.07 bits per heavy atom. The van der Waals surface area contributed by atoms with E-state index in [9.17, 15) is 18.1 Å². The Morgan fingerprint density at radius 3 is 2.45 bits per heavy atom. The first-order valence-corrected chi connectivity index (χ1v) is 14.9. The topological polar surface area (TPSA) is 88.4 Å². The second kappa shape index (κ2) is 14.7. The van der Waals surface area contributed by atoms with Crippen molar-refractivity contribution in [2.75, 3.05) is 11.9 Å². The maximum absolute atomic E-state index is 13.0. The molecule has 7 nitrogen and oxygen atoms in total. The van der Waals surface area contributed by atoms with Gasteiger partial charge in [0.1, 0.15) is 11.5 Å². The van der Waals surface area contributed by atoms with Crippen molar-refractivity contribution >= 4 is 28.8 Å². The number of hydrogen-bond acceptors (Lipinski definition) is 5. The number of imidazole rings is 1. The largest absolute Gasteiger partial charge is 0.611 e. The minimum absolute atomic E-state index is 0.0489. The fourth-order valence-electron chi connectivity index (χ4n) is 4.24. The van der Waals surface area contributed by atoms with E-state index in [-0.39, 0.29) is 5.75 Å². The second-order valence-electron chi connectivity index (χ2n) is 9.40. The predicted octanol–water partition coefficient (Wildman–Crippen LogP) is 7.23. The molecule has 1 amide bonds. The van der Waals surface area contributed by atoms with Crippen molar-refractivity contribution < 1.29 is 27.6 Å². The van der Waals surface area contributed by atoms with E-state index in [1.807, 2.05) is 49.6 Å². The monoisotopic (exact) mass is 593 g/mol. The molecule has 1 N–H and O–H groups in total. The number of ether oxygens (including phenoxy) is 2. The van der Waals surface area contributed by atoms with Crippen LogP contribution in [0.3, 0.4) is 0 Å². The molecule has 0 aliphatic rings. The van der Waals surface area contributed by atoms with Crippen LogP contribution in [0, 0.1) is 6.92 Å². The zero-order valence-electron chi connectivity index (χ0n) is 23.7. The van der Waals surface area contributed by atoms with Gasteiger partial charge in [-0.1, -0.05) is 25.1 Å². The normalized spacial score (nSPS) is 12.1. The fraction of sp³-hybridized carbons (Fsp3) is 0.250. The van der Waals surface area contributed by atoms with E-state index in [1.165, 1.54) is 18.2 Å². The van der Waals surface area contributed by atoms with E-state index < -0.39 is 23.7 Å². The van der Waals surface area contributed by atoms with Gasteiger partial charge in [-0.25, -0.2) is 4.98 Å². The second-order valence-corrected chi connectivity index (χ2v) is 10.9. The SMILES string of the molecule is CCCOc1ccc(-c2ccc(OC(F)F)c(/C=C/C(=O)Nc3ccc([S@+]([O-])Cc4c(C)ncn4CC)cc3)c2)cc1. The van der Waals surface area contributed by atoms with Gasteiger partial charge in [0.15, 0.2) is 10.6 Å². The van der Waals surface area contributed by atoms with Gasteiger partial charge in [-0.2, -0.15) is 8.78 Å². The number of nitrogens with one attached hydrogen (secondary N) is 1. The third-order valence-corrected chi connectivity index (χ3v) is 7.78. The summed E-state index contributed by atoms with van der Waals surface area (Å²) in [6.07, 6.45) is 5.32. The molecule has 0 saturated carbocycles. The quantitative estimate of drug-likeness (QED) is 0.131. The number of carbonyl (C=O) groups excluding carboxylic acids is 1. The summed E-state index contributed by atoms with van der Waals surface area (Å²) in [4.78, 5) is 17.6. The molecule has 10 heteroatoms. The zero-order chi connectivity index (χ0) is 30.1. The van der Waals surface area contributed by atoms with Crippen LogP contribution in [0.1, 0.15) is 37.2 Å². The first kappa shape index (κ1) is 30.8. The molecule has 0 fully saturated rings. The summed E-state index contributed by atoms with van der Waals surface area (Å²) in [6, 6.07) is 19.0. The summed E-state index contributed by atoms with van der Waals surface area (Å²) in [5.41, 5.74) is 4.22. The third kappa shape index (κ3) is 8.20. The number of alkyl halides is 2. The van der Waals surface area contributed by atoms with Crippen molar-refractivity contribution in [1.82, 2.24) is 9.55 Å². The summed E-state index contributed by atoms with van der Waals surface area (Å²) in [5.74, 6) is 0.574. The molecule has 220 valence electrons. The van der Waals surface area contributed by atoms with Crippen LogP contribution in [0.2, 0.25) is 0 Å². The van der Waals surface area contributed by atoms with Crippen molar-refractivity contribution in [2.24, 2.45) is 0 Å². The molecule has 0 aliphatic heterocycles. The third-order valence-electron chi connectivity index (χ3n) is 6.45. The fourth-order valence-corrected chi connectivity index (χ4v) is 5.47. The van der Waals surface area contributed by atoms with E-state index in [0.717, 1.165) is 41.2 Å². The first-order valence-electron chi connectivity index (χ1n) is 13.6. The van der Waals surface area contributed by atoms with Crippen LogP contribution in [0.25, 0.3) is 17.2 Å². The molecule has 3 aromatic carbocycles. The van der Waals surface area contributed by atoms with Crippen molar-refractivity contribution in [2.45, 2.75) is 51.0 Å². The number of carbonyl (C=O) groups is 1. The maximum Gasteiger partial charge on any atom is 0.387 e. The molecular weight excluding hydrogens is 560 g/mol. The number of hydrogen-bond donors (Lipinski definition) is 1. The number of anilines is 1. The number of benzene rings is 3. The van der Waals surface area contributed by atoms with Crippen LogP contribution < -0.4 is 14.8 Å². The Labute approximate surface area is 247 Å². The van der Waals surface area contributed by atoms with Crippen LogP contribution in [-0.4, -0.2) is 33.2 Å². The molecule has 0 saturated heterocycles. The average molecular weight is 594 g/mol. The van der Waals surface area contributed by atoms with Crippen LogP contribution in [0.5, 0.6) is 11.5 Å². The van der Waals surface area contributed by atoms with Gasteiger partial charge in [-0.3, -0.25) is 4.79 Å². The van der Waals surface area contributed by atoms with E-state index in [0.29, 0.717) is 28.5 Å². The molecule has 1 heterocycles. The lowest BCUT2D eigenvalue weighted by Gasteiger charge is -2.13. The molecule has 1 atom stereocenters. The summed E-state index contributed by atoms with van der Waals surface area (Å²) >= 11 is -1.28. The van der Waals surface area contributed by atoms with Crippen molar-refractivity contribution in [3.8, 4) is 22.6 Å². The lowest BCUT2D eigenvalue weighted by Crippen LogP contribution is -2.11. The Bertz CT molecular complexity index is 1510. The summed E-state index contributed by atoms with van der Waals surface area (Å²) in [5, 5.41) is 2.74. The van der Waals surface area contributed by atoms with Gasteiger partial charge < -0.3 is 23.9 Å². The number of rotatable bonds is 13. The molecule has 0 spiro atoms. The summed E-state index contributed by atoms with van der Waals surface area (Å²) in [6.45, 7) is 4.28. The highest BCUT2D eigenvalue weighted by molar-refractivity contribution is 7.90. The van der Waals surface area contributed by atoms with Gasteiger partial charge in [0.05, 0.1) is 24.3 Å². The lowest BCUT2D eigenvalue weighted by atomic mass is 10.0. The predicted molar refractivity (Wildman–Crippen MR) is 161 cm³/mol. The highest BCUT2D eigenvalue weighted by Gasteiger charge is 2.17. The standard InChI is InChI=1S/C32H33F2N3O4S/c1-4-18-40-27-12-6-23(7-13-27)24-8-16-30(41-32(33)34)25(19-24)9-17-31(38)36-26-10-14-28(15-11-26)42(39)20-29-22(3)35-21-37(29)5-2/h6-17,19,21,32H,4-5,18,20H2,1-3H3,(H,36,38)/b17-9+/t42-/m1/s1. The molecule has 0 aliphatic carbocycles. The molecule has 42 heavy (non-hydrogen) atoms. The minimum Gasteiger partial charge on any atom is -0.611 e. The number of aryl methyl sites for hydroxylation is 2. The zero-order valence-corrected chi connectivity index (χ0v) is 24.5. The van der Waals surface area contributed by atoms with Crippen molar-refractivity contribution in [1.29, 1.82) is 0 Å². The molecular formula is C32H33F2N3O4S. The van der Waals surface area contributed by atoms with Crippen LogP contribution in [0.4, 0.5) is 14.5 Å². The lowest BCUT2D eigenvalue weighted by molar-refractivity contribution is -0.111. The molecule has 0 radical (unpaired) electrons. The van der Waals surface area contributed by atoms with E-state index in [1.54, 1.807) is 42.7 Å². The number of aromatic nitrogens is 2. The highest BCUT2D eigenvalue weighted by atomic mass is 32.2. The van der Waals surface area contributed by atoms with E-state index in [2.05, 4.69) is 15.0 Å². The maximum atomic E-state index is 13.0. The molecule has 0 bridgehead atoms. The minimum atomic E-state index is -3.01. The molecule has 4 rings (SSSR count). The van der Waals surface area contributed by atoms with Crippen LogP contribution in [0.15, 0.2) is 84.0 Å². The Hall–Kier alpha value is -4.15. The molecule has 0 unspecified atom stereocenters. The van der Waals surface area contributed by atoms with Gasteiger partial charge in [0.25, 0.3) is 0 Å². The highest BCUT2D eigenvalue weighted by Crippen LogP contribution is 2.30. The van der Waals surface area contributed by atoms with Crippen molar-refractivity contribution in [3.63, 3.8) is 0 Å². The Balaban J connectivity index is 1.44. The van der Waals surface area contributed by atoms with Gasteiger partial charge in [-0.15, -0.1) is 0 Å². The summed E-state index contributed by atoms with van der Waals surface area (Å²) in [7, 11) is 0. The smallest absolute Gasteiger partial charge is 0.387 e.